The molecule has 0 atom stereocenters. The van der Waals surface area contributed by atoms with Crippen LogP contribution < -0.4 is 0 Å². The summed E-state index contributed by atoms with van der Waals surface area (Å²) in [6, 6.07) is 4.31. The molecular weight excluding hydrogens is 257 g/mol. The minimum absolute atomic E-state index is 0.176. The van der Waals surface area contributed by atoms with Crippen molar-refractivity contribution >= 4 is 5.91 Å². The predicted molar refractivity (Wildman–Crippen MR) is 78.2 cm³/mol. The highest BCUT2D eigenvalue weighted by Crippen LogP contribution is 2.05. The van der Waals surface area contributed by atoms with E-state index in [0.29, 0.717) is 13.1 Å². The van der Waals surface area contributed by atoms with Gasteiger partial charge in [0, 0.05) is 13.1 Å². The van der Waals surface area contributed by atoms with E-state index in [2.05, 4.69) is 23.7 Å². The maximum Gasteiger partial charge on any atom is 0.272 e. The Labute approximate surface area is 120 Å². The van der Waals surface area contributed by atoms with E-state index in [1.165, 1.54) is 12.1 Å². The summed E-state index contributed by atoms with van der Waals surface area (Å²) in [6.45, 7) is 10.5. The summed E-state index contributed by atoms with van der Waals surface area (Å²) in [4.78, 5) is 19.9. The molecule has 1 heterocycles. The zero-order chi connectivity index (χ0) is 15.0. The highest BCUT2D eigenvalue weighted by Gasteiger charge is 2.15. The molecule has 20 heavy (non-hydrogen) atoms. The Morgan fingerprint density at radius 2 is 1.85 bits per heavy atom. The average molecular weight is 281 g/mol. The molecule has 0 bridgehead atoms. The normalized spacial score (nSPS) is 10.8. The molecule has 5 heteroatoms. The molecule has 1 rings (SSSR count). The second-order valence-electron chi connectivity index (χ2n) is 4.61. The van der Waals surface area contributed by atoms with Crippen molar-refractivity contribution in [2.24, 2.45) is 0 Å². The minimum Gasteiger partial charge on any atom is -0.338 e. The molecule has 0 spiro atoms. The van der Waals surface area contributed by atoms with Gasteiger partial charge in [0.1, 0.15) is 5.69 Å². The van der Waals surface area contributed by atoms with Crippen LogP contribution in [0.3, 0.4) is 0 Å². The number of halogens is 1. The molecule has 0 aliphatic carbocycles. The van der Waals surface area contributed by atoms with Gasteiger partial charge in [-0.25, -0.2) is 4.98 Å². The molecule has 0 unspecified atom stereocenters. The summed E-state index contributed by atoms with van der Waals surface area (Å²) < 4.78 is 13.1. The monoisotopic (exact) mass is 281 g/mol. The number of hydrogen-bond acceptors (Lipinski definition) is 3. The van der Waals surface area contributed by atoms with Crippen molar-refractivity contribution in [3.8, 4) is 0 Å². The SMILES string of the molecule is CCN(CC)CCCN(CC)C(=O)c1cccc(F)n1. The van der Waals surface area contributed by atoms with E-state index >= 15 is 0 Å². The first-order chi connectivity index (χ1) is 9.62. The van der Waals surface area contributed by atoms with Crippen molar-refractivity contribution in [1.29, 1.82) is 0 Å². The lowest BCUT2D eigenvalue weighted by Crippen LogP contribution is -2.34. The standard InChI is InChI=1S/C15H24FN3O/c1-4-18(5-2)11-8-12-19(6-3)15(20)13-9-7-10-14(16)17-13/h7,9-10H,4-6,8,11-12H2,1-3H3. The summed E-state index contributed by atoms with van der Waals surface area (Å²) >= 11 is 0. The molecule has 0 aromatic carbocycles. The van der Waals surface area contributed by atoms with Crippen LogP contribution in [0.4, 0.5) is 4.39 Å². The van der Waals surface area contributed by atoms with Crippen LogP contribution in [0.25, 0.3) is 0 Å². The van der Waals surface area contributed by atoms with Gasteiger partial charge in [0.2, 0.25) is 5.95 Å². The van der Waals surface area contributed by atoms with E-state index in [1.54, 1.807) is 11.0 Å². The van der Waals surface area contributed by atoms with Crippen LogP contribution in [0.5, 0.6) is 0 Å². The Hall–Kier alpha value is -1.49. The highest BCUT2D eigenvalue weighted by atomic mass is 19.1. The van der Waals surface area contributed by atoms with Gasteiger partial charge in [0.15, 0.2) is 0 Å². The molecule has 1 aromatic heterocycles. The van der Waals surface area contributed by atoms with Crippen molar-refractivity contribution in [2.45, 2.75) is 27.2 Å². The minimum atomic E-state index is -0.616. The first-order valence-corrected chi connectivity index (χ1v) is 7.26. The van der Waals surface area contributed by atoms with Gasteiger partial charge in [0.05, 0.1) is 0 Å². The van der Waals surface area contributed by atoms with Gasteiger partial charge in [-0.15, -0.1) is 0 Å². The van der Waals surface area contributed by atoms with E-state index < -0.39 is 5.95 Å². The molecule has 0 aliphatic rings. The number of nitrogens with zero attached hydrogens (tertiary/aromatic N) is 3. The lowest BCUT2D eigenvalue weighted by molar-refractivity contribution is 0.0750. The fraction of sp³-hybridized carbons (Fsp3) is 0.600. The Morgan fingerprint density at radius 3 is 2.40 bits per heavy atom. The fourth-order valence-electron chi connectivity index (χ4n) is 2.12. The van der Waals surface area contributed by atoms with Crippen LogP contribution in [-0.4, -0.2) is 53.4 Å². The van der Waals surface area contributed by atoms with Gasteiger partial charge in [-0.1, -0.05) is 19.9 Å². The number of pyridine rings is 1. The van der Waals surface area contributed by atoms with Crippen molar-refractivity contribution in [2.75, 3.05) is 32.7 Å². The van der Waals surface area contributed by atoms with Gasteiger partial charge in [-0.05, 0) is 45.1 Å². The summed E-state index contributed by atoms with van der Waals surface area (Å²) in [6.07, 6.45) is 0.913. The van der Waals surface area contributed by atoms with Gasteiger partial charge < -0.3 is 9.80 Å². The second-order valence-corrected chi connectivity index (χ2v) is 4.61. The van der Waals surface area contributed by atoms with E-state index in [0.717, 1.165) is 26.1 Å². The number of amides is 1. The van der Waals surface area contributed by atoms with Gasteiger partial charge in [0.25, 0.3) is 5.91 Å². The molecule has 0 saturated carbocycles. The Balaban J connectivity index is 2.55. The van der Waals surface area contributed by atoms with Crippen LogP contribution >= 0.6 is 0 Å². The summed E-state index contributed by atoms with van der Waals surface area (Å²) in [5.41, 5.74) is 0.176. The van der Waals surface area contributed by atoms with Gasteiger partial charge in [-0.2, -0.15) is 4.39 Å². The molecule has 0 aliphatic heterocycles. The lowest BCUT2D eigenvalue weighted by Gasteiger charge is -2.23. The number of hydrogen-bond donors (Lipinski definition) is 0. The summed E-state index contributed by atoms with van der Waals surface area (Å²) in [5.74, 6) is -0.818. The second kappa shape index (κ2) is 8.64. The molecular formula is C15H24FN3O. The van der Waals surface area contributed by atoms with E-state index in [4.69, 9.17) is 0 Å². The maximum absolute atomic E-state index is 13.1. The fourth-order valence-corrected chi connectivity index (χ4v) is 2.12. The number of carbonyl (C=O) groups is 1. The van der Waals surface area contributed by atoms with Crippen molar-refractivity contribution in [3.05, 3.63) is 29.8 Å². The van der Waals surface area contributed by atoms with E-state index in [1.807, 2.05) is 6.92 Å². The zero-order valence-corrected chi connectivity index (χ0v) is 12.6. The van der Waals surface area contributed by atoms with Crippen molar-refractivity contribution < 1.29 is 9.18 Å². The molecule has 0 N–H and O–H groups in total. The third-order valence-corrected chi connectivity index (χ3v) is 3.40. The third-order valence-electron chi connectivity index (χ3n) is 3.40. The zero-order valence-electron chi connectivity index (χ0n) is 12.6. The summed E-state index contributed by atoms with van der Waals surface area (Å²) in [5, 5.41) is 0. The van der Waals surface area contributed by atoms with Gasteiger partial charge in [-0.3, -0.25) is 4.79 Å². The molecule has 4 nitrogen and oxygen atoms in total. The van der Waals surface area contributed by atoms with Gasteiger partial charge >= 0.3 is 0 Å². The Bertz CT molecular complexity index is 421. The average Bonchev–Trinajstić information content (AvgIpc) is 2.47. The number of carbonyl (C=O) groups excluding carboxylic acids is 1. The molecule has 0 saturated heterocycles. The number of aromatic nitrogens is 1. The topological polar surface area (TPSA) is 36.4 Å². The molecule has 0 radical (unpaired) electrons. The van der Waals surface area contributed by atoms with Crippen LogP contribution in [0, 0.1) is 5.95 Å². The van der Waals surface area contributed by atoms with Crippen LogP contribution in [-0.2, 0) is 0 Å². The quantitative estimate of drug-likeness (QED) is 0.687. The Kier molecular flexibility index (Phi) is 7.15. The summed E-state index contributed by atoms with van der Waals surface area (Å²) in [7, 11) is 0. The first kappa shape index (κ1) is 16.6. The lowest BCUT2D eigenvalue weighted by atomic mass is 10.2. The van der Waals surface area contributed by atoms with Crippen LogP contribution in [0.2, 0.25) is 0 Å². The Morgan fingerprint density at radius 1 is 1.15 bits per heavy atom. The largest absolute Gasteiger partial charge is 0.338 e. The first-order valence-electron chi connectivity index (χ1n) is 7.26. The molecule has 112 valence electrons. The maximum atomic E-state index is 13.1. The predicted octanol–water partition coefficient (Wildman–Crippen LogP) is 2.41. The van der Waals surface area contributed by atoms with Crippen LogP contribution in [0.15, 0.2) is 18.2 Å². The molecule has 0 fully saturated rings. The number of rotatable bonds is 8. The third kappa shape index (κ3) is 4.89. The highest BCUT2D eigenvalue weighted by molar-refractivity contribution is 5.92. The smallest absolute Gasteiger partial charge is 0.272 e. The molecule has 1 amide bonds. The van der Waals surface area contributed by atoms with Crippen LogP contribution in [0.1, 0.15) is 37.7 Å². The van der Waals surface area contributed by atoms with Crippen molar-refractivity contribution in [1.82, 2.24) is 14.8 Å². The van der Waals surface area contributed by atoms with E-state index in [9.17, 15) is 9.18 Å². The van der Waals surface area contributed by atoms with E-state index in [-0.39, 0.29) is 11.6 Å². The van der Waals surface area contributed by atoms with Crippen molar-refractivity contribution in [3.63, 3.8) is 0 Å². The molecule has 1 aromatic rings.